The molecular weight excluding hydrogens is 220 g/mol. The first-order valence-corrected chi connectivity index (χ1v) is 7.98. The summed E-state index contributed by atoms with van der Waals surface area (Å²) in [4.78, 5) is 0. The van der Waals surface area contributed by atoms with Gasteiger partial charge in [0, 0.05) is 18.1 Å². The minimum atomic E-state index is 0.368. The van der Waals surface area contributed by atoms with Crippen molar-refractivity contribution in [1.82, 2.24) is 10.6 Å². The molecule has 1 aliphatic heterocycles. The van der Waals surface area contributed by atoms with Gasteiger partial charge in [-0.25, -0.2) is 0 Å². The van der Waals surface area contributed by atoms with E-state index in [-0.39, 0.29) is 0 Å². The Bertz CT molecular complexity index is 250. The molecule has 106 valence electrons. The van der Waals surface area contributed by atoms with Gasteiger partial charge in [0.25, 0.3) is 0 Å². The van der Waals surface area contributed by atoms with Crippen LogP contribution in [0.25, 0.3) is 0 Å². The molecule has 0 aromatic carbocycles. The standard InChI is InChI=1S/C16H32N2/c1-12(16(2,3)4)18-15-10-7-8-13(15)14-9-5-6-11-17-14/h12-15,17-18H,5-11H2,1-4H3. The molecule has 2 fully saturated rings. The van der Waals surface area contributed by atoms with Crippen LogP contribution in [0.1, 0.15) is 66.2 Å². The van der Waals surface area contributed by atoms with E-state index in [4.69, 9.17) is 0 Å². The van der Waals surface area contributed by atoms with E-state index in [2.05, 4.69) is 38.3 Å². The molecule has 2 rings (SSSR count). The molecular formula is C16H32N2. The van der Waals surface area contributed by atoms with Gasteiger partial charge in [-0.3, -0.25) is 0 Å². The number of nitrogens with one attached hydrogen (secondary N) is 2. The second-order valence-electron chi connectivity index (χ2n) is 7.51. The third-order valence-corrected chi connectivity index (χ3v) is 5.20. The molecule has 0 aromatic rings. The molecule has 0 spiro atoms. The fourth-order valence-corrected chi connectivity index (χ4v) is 3.49. The van der Waals surface area contributed by atoms with E-state index in [0.29, 0.717) is 11.5 Å². The highest BCUT2D eigenvalue weighted by Crippen LogP contribution is 2.33. The van der Waals surface area contributed by atoms with Gasteiger partial charge >= 0.3 is 0 Å². The first-order chi connectivity index (χ1) is 8.48. The lowest BCUT2D eigenvalue weighted by molar-refractivity contribution is 0.206. The zero-order valence-electron chi connectivity index (χ0n) is 12.8. The first kappa shape index (κ1) is 14.3. The van der Waals surface area contributed by atoms with Gasteiger partial charge in [0.15, 0.2) is 0 Å². The molecule has 1 saturated heterocycles. The van der Waals surface area contributed by atoms with Crippen molar-refractivity contribution in [2.24, 2.45) is 11.3 Å². The molecule has 0 aromatic heterocycles. The number of hydrogen-bond acceptors (Lipinski definition) is 2. The Morgan fingerprint density at radius 2 is 1.83 bits per heavy atom. The molecule has 4 unspecified atom stereocenters. The van der Waals surface area contributed by atoms with Crippen LogP contribution in [-0.4, -0.2) is 24.7 Å². The largest absolute Gasteiger partial charge is 0.314 e. The van der Waals surface area contributed by atoms with Gasteiger partial charge in [0.05, 0.1) is 0 Å². The summed E-state index contributed by atoms with van der Waals surface area (Å²) in [5, 5.41) is 7.69. The van der Waals surface area contributed by atoms with Gasteiger partial charge in [-0.15, -0.1) is 0 Å². The lowest BCUT2D eigenvalue weighted by Crippen LogP contribution is -2.51. The van der Waals surface area contributed by atoms with Crippen molar-refractivity contribution in [3.05, 3.63) is 0 Å². The molecule has 1 saturated carbocycles. The number of rotatable bonds is 3. The van der Waals surface area contributed by atoms with Gasteiger partial charge in [-0.2, -0.15) is 0 Å². The number of hydrogen-bond donors (Lipinski definition) is 2. The van der Waals surface area contributed by atoms with Gasteiger partial charge in [0.1, 0.15) is 0 Å². The van der Waals surface area contributed by atoms with E-state index in [9.17, 15) is 0 Å². The van der Waals surface area contributed by atoms with Crippen LogP contribution in [0, 0.1) is 11.3 Å². The second-order valence-corrected chi connectivity index (χ2v) is 7.51. The third-order valence-electron chi connectivity index (χ3n) is 5.20. The van der Waals surface area contributed by atoms with Crippen LogP contribution in [0.3, 0.4) is 0 Å². The van der Waals surface area contributed by atoms with E-state index < -0.39 is 0 Å². The van der Waals surface area contributed by atoms with Crippen molar-refractivity contribution < 1.29 is 0 Å². The quantitative estimate of drug-likeness (QED) is 0.805. The molecule has 0 bridgehead atoms. The topological polar surface area (TPSA) is 24.1 Å². The second kappa shape index (κ2) is 5.92. The van der Waals surface area contributed by atoms with E-state index >= 15 is 0 Å². The zero-order chi connectivity index (χ0) is 13.2. The van der Waals surface area contributed by atoms with Crippen molar-refractivity contribution in [2.45, 2.75) is 84.3 Å². The Morgan fingerprint density at radius 3 is 2.44 bits per heavy atom. The highest BCUT2D eigenvalue weighted by atomic mass is 15.0. The average Bonchev–Trinajstić information content (AvgIpc) is 2.77. The van der Waals surface area contributed by atoms with Crippen LogP contribution in [0.5, 0.6) is 0 Å². The summed E-state index contributed by atoms with van der Waals surface area (Å²) in [7, 11) is 0. The highest BCUT2D eigenvalue weighted by molar-refractivity contribution is 4.94. The molecule has 0 amide bonds. The van der Waals surface area contributed by atoms with E-state index in [1.807, 2.05) is 0 Å². The molecule has 1 heterocycles. The summed E-state index contributed by atoms with van der Waals surface area (Å²) in [6, 6.07) is 2.13. The van der Waals surface area contributed by atoms with E-state index in [0.717, 1.165) is 18.0 Å². The smallest absolute Gasteiger partial charge is 0.0113 e. The summed E-state index contributed by atoms with van der Waals surface area (Å²) in [5.41, 5.74) is 0.368. The van der Waals surface area contributed by atoms with E-state index in [1.54, 1.807) is 0 Å². The fraction of sp³-hybridized carbons (Fsp3) is 1.00. The molecule has 2 N–H and O–H groups in total. The lowest BCUT2D eigenvalue weighted by Gasteiger charge is -2.37. The lowest BCUT2D eigenvalue weighted by atomic mass is 9.84. The summed E-state index contributed by atoms with van der Waals surface area (Å²) in [5.74, 6) is 0.870. The Labute approximate surface area is 113 Å². The Balaban J connectivity index is 1.90. The van der Waals surface area contributed by atoms with E-state index in [1.165, 1.54) is 45.1 Å². The Hall–Kier alpha value is -0.0800. The maximum Gasteiger partial charge on any atom is 0.0113 e. The van der Waals surface area contributed by atoms with Crippen molar-refractivity contribution in [3.63, 3.8) is 0 Å². The third kappa shape index (κ3) is 3.48. The number of piperidine rings is 1. The van der Waals surface area contributed by atoms with Gasteiger partial charge < -0.3 is 10.6 Å². The normalized spacial score (nSPS) is 35.7. The molecule has 2 nitrogen and oxygen atoms in total. The molecule has 0 radical (unpaired) electrons. The van der Waals surface area contributed by atoms with Gasteiger partial charge in [-0.1, -0.05) is 33.6 Å². The molecule has 2 heteroatoms. The van der Waals surface area contributed by atoms with Crippen LogP contribution < -0.4 is 10.6 Å². The Morgan fingerprint density at radius 1 is 1.06 bits per heavy atom. The fourth-order valence-electron chi connectivity index (χ4n) is 3.49. The van der Waals surface area contributed by atoms with Crippen LogP contribution in [0.15, 0.2) is 0 Å². The maximum absolute atomic E-state index is 3.93. The van der Waals surface area contributed by atoms with Crippen molar-refractivity contribution in [3.8, 4) is 0 Å². The molecule has 2 aliphatic rings. The van der Waals surface area contributed by atoms with Crippen molar-refractivity contribution in [1.29, 1.82) is 0 Å². The molecule has 4 atom stereocenters. The van der Waals surface area contributed by atoms with Gasteiger partial charge in [0.2, 0.25) is 0 Å². The van der Waals surface area contributed by atoms with Crippen LogP contribution in [0.4, 0.5) is 0 Å². The Kier molecular flexibility index (Phi) is 4.71. The summed E-state index contributed by atoms with van der Waals surface area (Å²) in [6.07, 6.45) is 8.41. The summed E-state index contributed by atoms with van der Waals surface area (Å²) >= 11 is 0. The summed E-state index contributed by atoms with van der Waals surface area (Å²) in [6.45, 7) is 10.6. The zero-order valence-corrected chi connectivity index (χ0v) is 12.8. The SMILES string of the molecule is CC(NC1CCCC1C1CCCCN1)C(C)(C)C. The highest BCUT2D eigenvalue weighted by Gasteiger charge is 2.36. The predicted molar refractivity (Wildman–Crippen MR) is 78.8 cm³/mol. The van der Waals surface area contributed by atoms with Crippen LogP contribution in [-0.2, 0) is 0 Å². The molecule has 18 heavy (non-hydrogen) atoms. The minimum Gasteiger partial charge on any atom is -0.314 e. The van der Waals surface area contributed by atoms with Crippen molar-refractivity contribution in [2.75, 3.05) is 6.54 Å². The van der Waals surface area contributed by atoms with Crippen LogP contribution in [0.2, 0.25) is 0 Å². The minimum absolute atomic E-state index is 0.368. The maximum atomic E-state index is 3.93. The summed E-state index contributed by atoms with van der Waals surface area (Å²) < 4.78 is 0. The van der Waals surface area contributed by atoms with Crippen molar-refractivity contribution >= 4 is 0 Å². The van der Waals surface area contributed by atoms with Crippen LogP contribution >= 0.6 is 0 Å². The average molecular weight is 252 g/mol. The monoisotopic (exact) mass is 252 g/mol. The van der Waals surface area contributed by atoms with Gasteiger partial charge in [-0.05, 0) is 50.5 Å². The molecule has 1 aliphatic carbocycles. The first-order valence-electron chi connectivity index (χ1n) is 7.98. The predicted octanol–water partition coefficient (Wildman–Crippen LogP) is 3.32.